The molecular weight excluding hydrogens is 126 g/mol. The molecule has 0 saturated heterocycles. The summed E-state index contributed by atoms with van der Waals surface area (Å²) in [6.45, 7) is 0. The van der Waals surface area contributed by atoms with Crippen LogP contribution in [0.4, 0.5) is 0 Å². The molecule has 0 aliphatic carbocycles. The Morgan fingerprint density at radius 3 is 3.00 bits per heavy atom. The highest BCUT2D eigenvalue weighted by molar-refractivity contribution is 7.73. The standard InChI is InChI=1S/C4H2NS2/c6-4-5-2-1-3-7-4/h1-2H. The summed E-state index contributed by atoms with van der Waals surface area (Å²) >= 11 is 6.03. The van der Waals surface area contributed by atoms with E-state index in [1.54, 1.807) is 12.3 Å². The van der Waals surface area contributed by atoms with Crippen LogP contribution in [0.1, 0.15) is 0 Å². The van der Waals surface area contributed by atoms with Gasteiger partial charge in [0.2, 0.25) is 0 Å². The molecule has 0 aliphatic heterocycles. The minimum absolute atomic E-state index is 0.641. The van der Waals surface area contributed by atoms with Crippen molar-refractivity contribution in [2.75, 3.05) is 0 Å². The Hall–Kier alpha value is -0.280. The van der Waals surface area contributed by atoms with Crippen LogP contribution in [0.15, 0.2) is 12.3 Å². The second-order valence-electron chi connectivity index (χ2n) is 0.931. The van der Waals surface area contributed by atoms with Gasteiger partial charge in [-0.2, -0.15) is 0 Å². The Bertz CT molecular complexity index is 175. The molecule has 1 aromatic heterocycles. The molecule has 1 rings (SSSR count). The fraction of sp³-hybridized carbons (Fsp3) is 0. The van der Waals surface area contributed by atoms with E-state index in [9.17, 15) is 0 Å². The van der Waals surface area contributed by atoms with Crippen molar-refractivity contribution >= 4 is 23.6 Å². The fourth-order valence-electron chi connectivity index (χ4n) is 0.239. The van der Waals surface area contributed by atoms with E-state index in [2.05, 4.69) is 22.6 Å². The molecule has 35 valence electrons. The largest absolute Gasteiger partial charge is 0.235 e. The van der Waals surface area contributed by atoms with Crippen LogP contribution >= 0.6 is 23.6 Å². The van der Waals surface area contributed by atoms with Gasteiger partial charge in [0.25, 0.3) is 0 Å². The SMILES string of the molecule is S=c1ncc[c]s1. The number of aromatic nitrogens is 1. The number of nitrogens with zero attached hydrogens (tertiary/aromatic N) is 1. The van der Waals surface area contributed by atoms with Gasteiger partial charge in [-0.25, -0.2) is 4.98 Å². The van der Waals surface area contributed by atoms with Gasteiger partial charge in [-0.3, -0.25) is 0 Å². The Morgan fingerprint density at radius 2 is 2.71 bits per heavy atom. The molecule has 1 radical (unpaired) electrons. The normalized spacial score (nSPS) is 8.57. The summed E-state index contributed by atoms with van der Waals surface area (Å²) in [4.78, 5) is 3.78. The third kappa shape index (κ3) is 1.33. The lowest BCUT2D eigenvalue weighted by molar-refractivity contribution is 1.36. The third-order valence-electron chi connectivity index (χ3n) is 0.469. The van der Waals surface area contributed by atoms with Gasteiger partial charge in [0.1, 0.15) is 0 Å². The van der Waals surface area contributed by atoms with Crippen LogP contribution in [0.5, 0.6) is 0 Å². The zero-order chi connectivity index (χ0) is 5.11. The average molecular weight is 128 g/mol. The summed E-state index contributed by atoms with van der Waals surface area (Å²) in [5, 5.41) is 2.84. The topological polar surface area (TPSA) is 12.9 Å². The maximum Gasteiger partial charge on any atom is 0.181 e. The first kappa shape index (κ1) is 4.87. The molecule has 0 bridgehead atoms. The van der Waals surface area contributed by atoms with E-state index in [0.29, 0.717) is 3.95 Å². The van der Waals surface area contributed by atoms with Crippen molar-refractivity contribution in [2.45, 2.75) is 0 Å². The van der Waals surface area contributed by atoms with Gasteiger partial charge in [0, 0.05) is 11.6 Å². The van der Waals surface area contributed by atoms with E-state index in [4.69, 9.17) is 0 Å². The quantitative estimate of drug-likeness (QED) is 0.493. The summed E-state index contributed by atoms with van der Waals surface area (Å²) in [5.74, 6) is 0. The van der Waals surface area contributed by atoms with Gasteiger partial charge >= 0.3 is 0 Å². The molecule has 0 unspecified atom stereocenters. The molecule has 1 nitrogen and oxygen atoms in total. The van der Waals surface area contributed by atoms with E-state index >= 15 is 0 Å². The molecule has 0 atom stereocenters. The smallest absolute Gasteiger partial charge is 0.181 e. The summed E-state index contributed by atoms with van der Waals surface area (Å²) in [6, 6.07) is 1.74. The van der Waals surface area contributed by atoms with Crippen molar-refractivity contribution in [3.05, 3.63) is 21.6 Å². The Balaban J connectivity index is 3.28. The molecule has 1 heterocycles. The lowest BCUT2D eigenvalue weighted by atomic mass is 10.8. The Morgan fingerprint density at radius 1 is 1.86 bits per heavy atom. The summed E-state index contributed by atoms with van der Waals surface area (Å²) < 4.78 is 0.641. The third-order valence-corrected chi connectivity index (χ3v) is 1.36. The molecule has 0 N–H and O–H groups in total. The highest BCUT2D eigenvalue weighted by Gasteiger charge is 1.69. The van der Waals surface area contributed by atoms with Gasteiger partial charge in [0.15, 0.2) is 3.95 Å². The number of hydrogen-bond acceptors (Lipinski definition) is 3. The zero-order valence-electron chi connectivity index (χ0n) is 3.42. The van der Waals surface area contributed by atoms with Gasteiger partial charge in [-0.05, 0) is 18.3 Å². The van der Waals surface area contributed by atoms with Crippen molar-refractivity contribution in [2.24, 2.45) is 0 Å². The monoisotopic (exact) mass is 128 g/mol. The van der Waals surface area contributed by atoms with Gasteiger partial charge < -0.3 is 0 Å². The summed E-state index contributed by atoms with van der Waals surface area (Å²) in [5.41, 5.74) is 0. The first-order chi connectivity index (χ1) is 3.39. The van der Waals surface area contributed by atoms with Crippen LogP contribution in [-0.4, -0.2) is 4.98 Å². The molecule has 0 fully saturated rings. The summed E-state index contributed by atoms with van der Waals surface area (Å²) in [7, 11) is 0. The molecule has 0 aromatic carbocycles. The second-order valence-corrected chi connectivity index (χ2v) is 2.40. The molecule has 3 heteroatoms. The van der Waals surface area contributed by atoms with Crippen molar-refractivity contribution in [3.8, 4) is 0 Å². The molecule has 0 aliphatic rings. The van der Waals surface area contributed by atoms with Crippen LogP contribution < -0.4 is 0 Å². The predicted molar refractivity (Wildman–Crippen MR) is 31.8 cm³/mol. The minimum atomic E-state index is 0.641. The lowest BCUT2D eigenvalue weighted by Gasteiger charge is -1.71. The van der Waals surface area contributed by atoms with Crippen LogP contribution in [0.25, 0.3) is 0 Å². The van der Waals surface area contributed by atoms with E-state index in [0.717, 1.165) is 0 Å². The van der Waals surface area contributed by atoms with Gasteiger partial charge in [-0.1, -0.05) is 0 Å². The molecular formula is C4H2NS2. The highest BCUT2D eigenvalue weighted by Crippen LogP contribution is 1.90. The first-order valence-corrected chi connectivity index (χ1v) is 2.94. The zero-order valence-corrected chi connectivity index (χ0v) is 5.05. The van der Waals surface area contributed by atoms with E-state index in [1.165, 1.54) is 11.3 Å². The van der Waals surface area contributed by atoms with Crippen molar-refractivity contribution in [3.63, 3.8) is 0 Å². The van der Waals surface area contributed by atoms with Crippen molar-refractivity contribution in [1.82, 2.24) is 4.98 Å². The molecule has 0 amide bonds. The van der Waals surface area contributed by atoms with Crippen LogP contribution in [0, 0.1) is 9.33 Å². The maximum atomic E-state index is 4.69. The first-order valence-electron chi connectivity index (χ1n) is 1.72. The molecule has 1 aromatic rings. The van der Waals surface area contributed by atoms with Crippen LogP contribution in [0.2, 0.25) is 0 Å². The molecule has 0 saturated carbocycles. The molecule has 0 spiro atoms. The van der Waals surface area contributed by atoms with Crippen molar-refractivity contribution < 1.29 is 0 Å². The van der Waals surface area contributed by atoms with Crippen LogP contribution in [0.3, 0.4) is 0 Å². The lowest BCUT2D eigenvalue weighted by Crippen LogP contribution is -1.60. The predicted octanol–water partition coefficient (Wildman–Crippen LogP) is 1.67. The Kier molecular flexibility index (Phi) is 1.49. The minimum Gasteiger partial charge on any atom is -0.235 e. The molecule has 7 heavy (non-hydrogen) atoms. The van der Waals surface area contributed by atoms with Crippen molar-refractivity contribution in [1.29, 1.82) is 0 Å². The van der Waals surface area contributed by atoms with E-state index < -0.39 is 0 Å². The van der Waals surface area contributed by atoms with Gasteiger partial charge in [0.05, 0.1) is 0 Å². The number of rotatable bonds is 0. The fourth-order valence-corrected chi connectivity index (χ4v) is 0.788. The highest BCUT2D eigenvalue weighted by atomic mass is 32.1. The van der Waals surface area contributed by atoms with Crippen LogP contribution in [-0.2, 0) is 0 Å². The van der Waals surface area contributed by atoms with E-state index in [-0.39, 0.29) is 0 Å². The van der Waals surface area contributed by atoms with Gasteiger partial charge in [-0.15, -0.1) is 11.3 Å². The second kappa shape index (κ2) is 2.14. The average Bonchev–Trinajstić information content (AvgIpc) is 1.69. The summed E-state index contributed by atoms with van der Waals surface area (Å²) in [6.07, 6.45) is 1.64. The maximum absolute atomic E-state index is 4.69. The Labute approximate surface area is 50.7 Å². The van der Waals surface area contributed by atoms with E-state index in [1.807, 2.05) is 0 Å². The number of hydrogen-bond donors (Lipinski definition) is 0.